The van der Waals surface area contributed by atoms with Crippen LogP contribution in [0.4, 0.5) is 11.5 Å². The Morgan fingerprint density at radius 3 is 2.50 bits per heavy atom. The highest BCUT2D eigenvalue weighted by atomic mass is 16.5. The number of carbonyl (C=O) groups is 2. The maximum absolute atomic E-state index is 12.9. The normalized spacial score (nSPS) is 20.0. The molecule has 1 atom stereocenters. The molecule has 1 aromatic heterocycles. The fraction of sp³-hybridized carbons (Fsp3) is 0.450. The van der Waals surface area contributed by atoms with Crippen molar-refractivity contribution in [1.29, 1.82) is 0 Å². The van der Waals surface area contributed by atoms with E-state index in [1.807, 2.05) is 29.2 Å². The van der Waals surface area contributed by atoms with Crippen molar-refractivity contribution in [2.45, 2.75) is 13.3 Å². The summed E-state index contributed by atoms with van der Waals surface area (Å²) in [4.78, 5) is 30.9. The van der Waals surface area contributed by atoms with E-state index in [1.165, 1.54) is 0 Å². The Morgan fingerprint density at radius 1 is 1.18 bits per heavy atom. The first-order valence-corrected chi connectivity index (χ1v) is 9.46. The summed E-state index contributed by atoms with van der Waals surface area (Å²) in [6, 6.07) is 9.67. The quantitative estimate of drug-likeness (QED) is 0.798. The molecule has 4 rings (SSSR count). The summed E-state index contributed by atoms with van der Waals surface area (Å²) >= 11 is 0. The monoisotopic (exact) mass is 384 g/mol. The molecule has 0 bridgehead atoms. The first kappa shape index (κ1) is 18.3. The van der Waals surface area contributed by atoms with E-state index >= 15 is 0 Å². The van der Waals surface area contributed by atoms with Crippen LogP contribution in [0.5, 0.6) is 5.75 Å². The highest BCUT2D eigenvalue weighted by Gasteiger charge is 2.39. The molecule has 148 valence electrons. The summed E-state index contributed by atoms with van der Waals surface area (Å²) in [6.45, 7) is 4.98. The van der Waals surface area contributed by atoms with Crippen LogP contribution < -0.4 is 14.5 Å². The molecule has 0 aliphatic carbocycles. The van der Waals surface area contributed by atoms with Crippen molar-refractivity contribution < 1.29 is 18.8 Å². The second kappa shape index (κ2) is 7.53. The van der Waals surface area contributed by atoms with Crippen LogP contribution in [0.15, 0.2) is 34.9 Å². The predicted octanol–water partition coefficient (Wildman–Crippen LogP) is 1.69. The third kappa shape index (κ3) is 3.54. The second-order valence-corrected chi connectivity index (χ2v) is 7.21. The summed E-state index contributed by atoms with van der Waals surface area (Å²) in [5.41, 5.74) is 1.12. The van der Waals surface area contributed by atoms with Gasteiger partial charge in [0.1, 0.15) is 11.5 Å². The lowest BCUT2D eigenvalue weighted by atomic mass is 10.1. The molecule has 2 saturated heterocycles. The molecule has 0 spiro atoms. The van der Waals surface area contributed by atoms with E-state index in [2.05, 4.69) is 10.1 Å². The molecule has 1 unspecified atom stereocenters. The molecule has 2 aliphatic rings. The van der Waals surface area contributed by atoms with E-state index in [-0.39, 0.29) is 24.2 Å². The number of hydrogen-bond acceptors (Lipinski definition) is 6. The summed E-state index contributed by atoms with van der Waals surface area (Å²) in [6.07, 6.45) is 0.226. The van der Waals surface area contributed by atoms with Crippen LogP contribution in [0.25, 0.3) is 0 Å². The number of anilines is 2. The van der Waals surface area contributed by atoms with Crippen molar-refractivity contribution in [2.75, 3.05) is 49.6 Å². The van der Waals surface area contributed by atoms with Gasteiger partial charge in [0.2, 0.25) is 11.8 Å². The maximum atomic E-state index is 12.9. The zero-order valence-corrected chi connectivity index (χ0v) is 16.1. The number of benzene rings is 1. The SMILES string of the molecule is COc1ccc(N2CCN(C(=O)C3CC(=O)N(c4cc(C)on4)C3)CC2)cc1. The number of aromatic nitrogens is 1. The Morgan fingerprint density at radius 2 is 1.89 bits per heavy atom. The van der Waals surface area contributed by atoms with E-state index in [4.69, 9.17) is 9.26 Å². The molecule has 0 N–H and O–H groups in total. The van der Waals surface area contributed by atoms with Gasteiger partial charge in [0.05, 0.1) is 13.0 Å². The molecule has 2 amide bonds. The molecule has 8 heteroatoms. The number of rotatable bonds is 4. The lowest BCUT2D eigenvalue weighted by Gasteiger charge is -2.37. The van der Waals surface area contributed by atoms with E-state index < -0.39 is 0 Å². The van der Waals surface area contributed by atoms with Gasteiger partial charge in [-0.25, -0.2) is 0 Å². The maximum Gasteiger partial charge on any atom is 0.229 e. The third-order valence-corrected chi connectivity index (χ3v) is 5.40. The van der Waals surface area contributed by atoms with Gasteiger partial charge in [-0.05, 0) is 31.2 Å². The molecule has 2 aromatic rings. The molecule has 0 saturated carbocycles. The highest BCUT2D eigenvalue weighted by Crippen LogP contribution is 2.27. The van der Waals surface area contributed by atoms with Gasteiger partial charge in [-0.3, -0.25) is 14.5 Å². The Kier molecular flexibility index (Phi) is 4.93. The molecule has 1 aromatic carbocycles. The van der Waals surface area contributed by atoms with Gasteiger partial charge in [0.25, 0.3) is 0 Å². The average molecular weight is 384 g/mol. The van der Waals surface area contributed by atoms with Crippen molar-refractivity contribution in [2.24, 2.45) is 5.92 Å². The van der Waals surface area contributed by atoms with Gasteiger partial charge in [0.15, 0.2) is 5.82 Å². The summed E-state index contributed by atoms with van der Waals surface area (Å²) in [5.74, 6) is 1.61. The van der Waals surface area contributed by atoms with E-state index in [0.29, 0.717) is 31.2 Å². The van der Waals surface area contributed by atoms with Crippen LogP contribution in [0, 0.1) is 12.8 Å². The third-order valence-electron chi connectivity index (χ3n) is 5.40. The standard InChI is InChI=1S/C20H24N4O4/c1-14-11-18(21-28-14)24-13-15(12-19(24)25)20(26)23-9-7-22(8-10-23)16-3-5-17(27-2)6-4-16/h3-6,11,15H,7-10,12-13H2,1-2H3. The van der Waals surface area contributed by atoms with Crippen molar-refractivity contribution in [3.05, 3.63) is 36.1 Å². The zero-order chi connectivity index (χ0) is 19.7. The second-order valence-electron chi connectivity index (χ2n) is 7.21. The number of piperazine rings is 1. The minimum atomic E-state index is -0.322. The smallest absolute Gasteiger partial charge is 0.229 e. The molecule has 3 heterocycles. The Labute approximate surface area is 163 Å². The number of aryl methyl sites for hydroxylation is 1. The summed E-state index contributed by atoms with van der Waals surface area (Å²) < 4.78 is 10.3. The zero-order valence-electron chi connectivity index (χ0n) is 16.1. The van der Waals surface area contributed by atoms with Crippen LogP contribution in [0.2, 0.25) is 0 Å². The van der Waals surface area contributed by atoms with Gasteiger partial charge in [-0.15, -0.1) is 0 Å². The lowest BCUT2D eigenvalue weighted by molar-refractivity contribution is -0.136. The highest BCUT2D eigenvalue weighted by molar-refractivity contribution is 5.99. The first-order valence-electron chi connectivity index (χ1n) is 9.46. The van der Waals surface area contributed by atoms with Crippen molar-refractivity contribution in [3.8, 4) is 5.75 Å². The van der Waals surface area contributed by atoms with Crippen molar-refractivity contribution in [3.63, 3.8) is 0 Å². The minimum absolute atomic E-state index is 0.0467. The number of amides is 2. The minimum Gasteiger partial charge on any atom is -0.497 e. The molecule has 8 nitrogen and oxygen atoms in total. The predicted molar refractivity (Wildman–Crippen MR) is 103 cm³/mol. The molecule has 28 heavy (non-hydrogen) atoms. The Bertz CT molecular complexity index is 855. The van der Waals surface area contributed by atoms with Gasteiger partial charge < -0.3 is 19.1 Å². The van der Waals surface area contributed by atoms with Crippen LogP contribution in [-0.4, -0.2) is 61.7 Å². The molecular formula is C20H24N4O4. The lowest BCUT2D eigenvalue weighted by Crippen LogP contribution is -2.50. The van der Waals surface area contributed by atoms with Gasteiger partial charge in [-0.2, -0.15) is 0 Å². The number of carbonyl (C=O) groups excluding carboxylic acids is 2. The fourth-order valence-corrected chi connectivity index (χ4v) is 3.81. The number of ether oxygens (including phenoxy) is 1. The van der Waals surface area contributed by atoms with Crippen molar-refractivity contribution in [1.82, 2.24) is 10.1 Å². The van der Waals surface area contributed by atoms with E-state index in [1.54, 1.807) is 25.0 Å². The number of hydrogen-bond donors (Lipinski definition) is 0. The molecule has 2 aliphatic heterocycles. The van der Waals surface area contributed by atoms with Crippen LogP contribution in [0.3, 0.4) is 0 Å². The van der Waals surface area contributed by atoms with Crippen LogP contribution in [-0.2, 0) is 9.59 Å². The van der Waals surface area contributed by atoms with E-state index in [9.17, 15) is 9.59 Å². The molecular weight excluding hydrogens is 360 g/mol. The molecule has 2 fully saturated rings. The van der Waals surface area contributed by atoms with Gasteiger partial charge in [-0.1, -0.05) is 5.16 Å². The van der Waals surface area contributed by atoms with Crippen molar-refractivity contribution >= 4 is 23.3 Å². The first-order chi connectivity index (χ1) is 13.5. The summed E-state index contributed by atoms with van der Waals surface area (Å²) in [7, 11) is 1.65. The number of nitrogens with zero attached hydrogens (tertiary/aromatic N) is 4. The number of methoxy groups -OCH3 is 1. The van der Waals surface area contributed by atoms with Gasteiger partial charge in [0, 0.05) is 50.9 Å². The van der Waals surface area contributed by atoms with Crippen LogP contribution in [0.1, 0.15) is 12.2 Å². The van der Waals surface area contributed by atoms with E-state index in [0.717, 1.165) is 24.5 Å². The topological polar surface area (TPSA) is 79.1 Å². The largest absolute Gasteiger partial charge is 0.497 e. The van der Waals surface area contributed by atoms with Crippen LogP contribution >= 0.6 is 0 Å². The summed E-state index contributed by atoms with van der Waals surface area (Å²) in [5, 5.41) is 3.90. The Balaban J connectivity index is 1.34. The Hall–Kier alpha value is -3.03. The van der Waals surface area contributed by atoms with Gasteiger partial charge >= 0.3 is 0 Å². The average Bonchev–Trinajstić information content (AvgIpc) is 3.33. The molecule has 0 radical (unpaired) electrons. The fourth-order valence-electron chi connectivity index (χ4n) is 3.81.